The molecule has 0 aromatic heterocycles. The van der Waals surface area contributed by atoms with Gasteiger partial charge in [0.05, 0.1) is 12.2 Å². The Morgan fingerprint density at radius 2 is 1.39 bits per heavy atom. The third-order valence-corrected chi connectivity index (χ3v) is 11.9. The van der Waals surface area contributed by atoms with Crippen molar-refractivity contribution in [2.45, 2.75) is 149 Å². The lowest BCUT2D eigenvalue weighted by molar-refractivity contribution is -0.177. The highest BCUT2D eigenvalue weighted by Crippen LogP contribution is 2.23. The molecule has 390 valence electrons. The van der Waals surface area contributed by atoms with Gasteiger partial charge in [-0.15, -0.1) is 0 Å². The number of aliphatic hydroxyl groups excluding tert-OH is 1. The van der Waals surface area contributed by atoms with Crippen molar-refractivity contribution in [1.29, 1.82) is 0 Å². The Bertz CT molecular complexity index is 2080. The molecule has 1 aliphatic rings. The van der Waals surface area contributed by atoms with Gasteiger partial charge in [0.15, 0.2) is 24.2 Å². The molecule has 0 aliphatic carbocycles. The largest absolute Gasteiger partial charge is 0.458 e. The molecule has 0 saturated carbocycles. The summed E-state index contributed by atoms with van der Waals surface area (Å²) in [4.78, 5) is 142. The summed E-state index contributed by atoms with van der Waals surface area (Å²) in [5.74, 6) is -11.9. The molecule has 5 N–H and O–H groups in total. The minimum atomic E-state index is -1.86. The van der Waals surface area contributed by atoms with E-state index in [1.807, 2.05) is 0 Å². The molecule has 1 fully saturated rings. The van der Waals surface area contributed by atoms with Gasteiger partial charge < -0.3 is 60.0 Å². The highest BCUT2D eigenvalue weighted by Gasteiger charge is 2.47. The van der Waals surface area contributed by atoms with Gasteiger partial charge in [0, 0.05) is 48.5 Å². The molecule has 0 radical (unpaired) electrons. The molecule has 1 aromatic rings. The van der Waals surface area contributed by atoms with Gasteiger partial charge in [0.25, 0.3) is 11.8 Å². The number of esters is 3. The average Bonchev–Trinajstić information content (AvgIpc) is 3.29. The highest BCUT2D eigenvalue weighted by atomic mass is 16.6. The first-order valence-electron chi connectivity index (χ1n) is 23.0. The van der Waals surface area contributed by atoms with Crippen molar-refractivity contribution in [3.8, 4) is 0 Å². The van der Waals surface area contributed by atoms with E-state index in [0.717, 1.165) is 28.5 Å². The number of carbonyl (C=O) groups excluding carboxylic acids is 10. The van der Waals surface area contributed by atoms with Gasteiger partial charge in [-0.1, -0.05) is 78.5 Å². The lowest BCUT2D eigenvalue weighted by Crippen LogP contribution is -2.64. The fourth-order valence-corrected chi connectivity index (χ4v) is 7.42. The number of benzene rings is 1. The smallest absolute Gasteiger partial charge is 0.333 e. The summed E-state index contributed by atoms with van der Waals surface area (Å²) in [6, 6.07) is -1.32. The fourth-order valence-electron chi connectivity index (χ4n) is 7.42. The maximum atomic E-state index is 15.1. The van der Waals surface area contributed by atoms with Crippen LogP contribution in [0.2, 0.25) is 0 Å². The fraction of sp³-hybridized carbons (Fsp3) is 0.625. The van der Waals surface area contributed by atoms with Crippen LogP contribution < -0.4 is 21.3 Å². The molecule has 1 aromatic carbocycles. The second-order valence-corrected chi connectivity index (χ2v) is 18.5. The van der Waals surface area contributed by atoms with E-state index < -0.39 is 149 Å². The number of nitrogens with one attached hydrogen (secondary N) is 4. The minimum absolute atomic E-state index is 0.233. The summed E-state index contributed by atoms with van der Waals surface area (Å²) in [6.45, 7) is 19.4. The van der Waals surface area contributed by atoms with E-state index in [2.05, 4.69) is 27.8 Å². The molecule has 0 unspecified atom stereocenters. The molecule has 1 saturated heterocycles. The summed E-state index contributed by atoms with van der Waals surface area (Å²) in [7, 11) is 4.87. The Labute approximate surface area is 409 Å². The normalized spacial score (nSPS) is 24.9. The van der Waals surface area contributed by atoms with Gasteiger partial charge >= 0.3 is 17.9 Å². The third-order valence-electron chi connectivity index (χ3n) is 11.9. The number of methoxy groups -OCH3 is 1. The van der Waals surface area contributed by atoms with E-state index in [1.54, 1.807) is 71.9 Å². The zero-order chi connectivity index (χ0) is 53.6. The maximum Gasteiger partial charge on any atom is 0.333 e. The maximum absolute atomic E-state index is 15.1. The SMILES string of the molecule is C=C1C(=O)N[C@@H](C)C(=O)N(C)[C@@H](C)C(=O)N[C@@H]([C@H](OC(=O)[C@@H](NC(C)=O)[C@H](O)C(C)C)C(C)C)C(=O)N(C)[C@@H]([C@@H](C)OC)C(=O)O[C@H](C(C)C)[C@H](NC(C)=O)C(=O)O[C@H](Cc2ccccc2)C(=O)N1C. The predicted molar refractivity (Wildman–Crippen MR) is 252 cm³/mol. The molecule has 22 heteroatoms. The lowest BCUT2D eigenvalue weighted by Gasteiger charge is -2.39. The number of hydrogen-bond donors (Lipinski definition) is 5. The first kappa shape index (κ1) is 59.7. The van der Waals surface area contributed by atoms with Crippen LogP contribution in [-0.2, 0) is 73.3 Å². The molecule has 70 heavy (non-hydrogen) atoms. The molecular formula is C48H73N7O15. The van der Waals surface area contributed by atoms with E-state index in [-0.39, 0.29) is 6.42 Å². The van der Waals surface area contributed by atoms with Crippen LogP contribution in [-0.4, -0.2) is 174 Å². The molecular weight excluding hydrogens is 915 g/mol. The Morgan fingerprint density at radius 1 is 0.800 bits per heavy atom. The van der Waals surface area contributed by atoms with E-state index >= 15 is 4.79 Å². The van der Waals surface area contributed by atoms with Crippen molar-refractivity contribution in [2.75, 3.05) is 28.3 Å². The van der Waals surface area contributed by atoms with Gasteiger partial charge in [-0.25, -0.2) is 14.4 Å². The third kappa shape index (κ3) is 15.8. The van der Waals surface area contributed by atoms with Crippen molar-refractivity contribution in [2.24, 2.45) is 17.8 Å². The van der Waals surface area contributed by atoms with Crippen molar-refractivity contribution >= 4 is 59.3 Å². The van der Waals surface area contributed by atoms with E-state index in [0.29, 0.717) is 5.56 Å². The quantitative estimate of drug-likeness (QED) is 0.0987. The highest BCUT2D eigenvalue weighted by molar-refractivity contribution is 6.01. The second kappa shape index (κ2) is 26.5. The first-order valence-corrected chi connectivity index (χ1v) is 23.0. The number of carbonyl (C=O) groups is 10. The predicted octanol–water partition coefficient (Wildman–Crippen LogP) is -0.0132. The van der Waals surface area contributed by atoms with Crippen LogP contribution in [0.15, 0.2) is 42.6 Å². The molecule has 1 heterocycles. The van der Waals surface area contributed by atoms with Gasteiger partial charge in [0.2, 0.25) is 29.5 Å². The topological polar surface area (TPSA) is 286 Å². The number of likely N-dealkylation sites (N-methyl/N-ethyl adjacent to an activating group) is 3. The molecule has 22 nitrogen and oxygen atoms in total. The van der Waals surface area contributed by atoms with Crippen molar-refractivity contribution in [3.63, 3.8) is 0 Å². The van der Waals surface area contributed by atoms with Gasteiger partial charge in [0.1, 0.15) is 36.0 Å². The van der Waals surface area contributed by atoms with Crippen molar-refractivity contribution in [3.05, 3.63) is 48.2 Å². The second-order valence-electron chi connectivity index (χ2n) is 18.5. The summed E-state index contributed by atoms with van der Waals surface area (Å²) < 4.78 is 23.3. The Balaban J connectivity index is 2.97. The number of cyclic esters (lactones) is 2. The summed E-state index contributed by atoms with van der Waals surface area (Å²) in [5.41, 5.74) is 0.0564. The Kier molecular flexibility index (Phi) is 22.6. The molecule has 0 spiro atoms. The Morgan fingerprint density at radius 3 is 1.89 bits per heavy atom. The van der Waals surface area contributed by atoms with Crippen LogP contribution in [0.1, 0.15) is 81.7 Å². The summed E-state index contributed by atoms with van der Waals surface area (Å²) in [6.07, 6.45) is -7.69. The number of aliphatic hydroxyl groups is 1. The van der Waals surface area contributed by atoms with Gasteiger partial charge in [-0.2, -0.15) is 0 Å². The van der Waals surface area contributed by atoms with Crippen LogP contribution in [0, 0.1) is 17.8 Å². The van der Waals surface area contributed by atoms with Crippen LogP contribution in [0.25, 0.3) is 0 Å². The summed E-state index contributed by atoms with van der Waals surface area (Å²) in [5, 5.41) is 20.8. The van der Waals surface area contributed by atoms with Crippen molar-refractivity contribution < 1.29 is 72.0 Å². The molecule has 0 bridgehead atoms. The average molecular weight is 988 g/mol. The summed E-state index contributed by atoms with van der Waals surface area (Å²) >= 11 is 0. The number of nitrogens with zero attached hydrogens (tertiary/aromatic N) is 3. The lowest BCUT2D eigenvalue weighted by atomic mass is 9.95. The number of amides is 7. The van der Waals surface area contributed by atoms with E-state index in [1.165, 1.54) is 49.0 Å². The monoisotopic (exact) mass is 988 g/mol. The van der Waals surface area contributed by atoms with Crippen LogP contribution in [0.3, 0.4) is 0 Å². The van der Waals surface area contributed by atoms with Crippen LogP contribution in [0.4, 0.5) is 0 Å². The van der Waals surface area contributed by atoms with E-state index in [4.69, 9.17) is 18.9 Å². The number of hydrogen-bond acceptors (Lipinski definition) is 15. The zero-order valence-electron chi connectivity index (χ0n) is 42.9. The first-order chi connectivity index (χ1) is 32.5. The number of ether oxygens (including phenoxy) is 4. The molecule has 2 rings (SSSR count). The van der Waals surface area contributed by atoms with Crippen LogP contribution >= 0.6 is 0 Å². The van der Waals surface area contributed by atoms with Gasteiger partial charge in [-0.3, -0.25) is 33.6 Å². The molecule has 7 amide bonds. The standard InChI is InChI=1S/C48H73N7O15/c1-23(2)38(58)34(50-30(11)56)46(64)69-39(24(3)4)35-45(63)55(15)37(29(10)67-16)48(66)70-40(25(5)6)36(51-31(12)57)47(65)68-33(22-32-20-18-17-19-21-32)44(62)54(14)27(8)41(59)49-26(7)43(61)53(13)28(9)42(60)52-35/h17-21,23-26,28-29,33-40,58H,8,22H2,1-7,9-16H3,(H,49,59)(H,50,56)(H,51,57)(H,52,60)/t26-,28-,29+,33+,34-,35-,36-,37-,38+,39+,40+/m0/s1. The molecule has 1 aliphatic heterocycles. The number of rotatable bonds is 13. The van der Waals surface area contributed by atoms with E-state index in [9.17, 15) is 48.3 Å². The minimum Gasteiger partial charge on any atom is -0.458 e. The zero-order valence-corrected chi connectivity index (χ0v) is 42.9. The van der Waals surface area contributed by atoms with Crippen molar-refractivity contribution in [1.82, 2.24) is 36.0 Å². The Hall–Kier alpha value is -6.42. The van der Waals surface area contributed by atoms with Crippen LogP contribution in [0.5, 0.6) is 0 Å². The molecule has 11 atom stereocenters. The van der Waals surface area contributed by atoms with Gasteiger partial charge in [-0.05, 0) is 44.1 Å².